The smallest absolute Gasteiger partial charge is 0.273 e. The summed E-state index contributed by atoms with van der Waals surface area (Å²) in [5, 5.41) is 13.8. The monoisotopic (exact) mass is 354 g/mol. The number of benzene rings is 1. The van der Waals surface area contributed by atoms with Gasteiger partial charge in [0.2, 0.25) is 5.91 Å². The van der Waals surface area contributed by atoms with Gasteiger partial charge in [0.15, 0.2) is 11.4 Å². The average Bonchev–Trinajstić information content (AvgIpc) is 3.04. The molecule has 0 radical (unpaired) electrons. The van der Waals surface area contributed by atoms with Crippen LogP contribution in [0.4, 0.5) is 5.69 Å². The predicted octanol–water partition coefficient (Wildman–Crippen LogP) is 2.15. The van der Waals surface area contributed by atoms with Gasteiger partial charge in [-0.25, -0.2) is 4.98 Å². The first-order valence-corrected chi connectivity index (χ1v) is 8.08. The summed E-state index contributed by atoms with van der Waals surface area (Å²) in [7, 11) is 1.59. The highest BCUT2D eigenvalue weighted by Gasteiger charge is 2.15. The minimum Gasteiger partial charge on any atom is -0.493 e. The summed E-state index contributed by atoms with van der Waals surface area (Å²) in [4.78, 5) is 27.1. The summed E-state index contributed by atoms with van der Waals surface area (Å²) in [6.45, 7) is 0.395. The van der Waals surface area contributed by atoms with Crippen molar-refractivity contribution in [3.05, 3.63) is 70.2 Å². The molecule has 8 nitrogen and oxygen atoms in total. The molecular formula is C18H18N4O4. The van der Waals surface area contributed by atoms with Gasteiger partial charge in [-0.05, 0) is 12.1 Å². The van der Waals surface area contributed by atoms with E-state index in [0.29, 0.717) is 24.3 Å². The number of carbonyl (C=O) groups excluding carboxylic acids is 1. The van der Waals surface area contributed by atoms with Crippen molar-refractivity contribution >= 4 is 17.2 Å². The number of fused-ring (bicyclic) bond motifs is 1. The molecule has 8 heteroatoms. The van der Waals surface area contributed by atoms with Crippen molar-refractivity contribution in [1.29, 1.82) is 0 Å². The topological polar surface area (TPSA) is 98.8 Å². The largest absolute Gasteiger partial charge is 0.493 e. The molecule has 0 fully saturated rings. The van der Waals surface area contributed by atoms with Gasteiger partial charge in [-0.15, -0.1) is 0 Å². The molecule has 0 unspecified atom stereocenters. The van der Waals surface area contributed by atoms with Gasteiger partial charge in [-0.3, -0.25) is 14.9 Å². The van der Waals surface area contributed by atoms with E-state index < -0.39 is 4.92 Å². The first-order valence-electron chi connectivity index (χ1n) is 8.08. The molecule has 2 aromatic heterocycles. The Morgan fingerprint density at radius 3 is 2.88 bits per heavy atom. The Labute approximate surface area is 149 Å². The zero-order valence-corrected chi connectivity index (χ0v) is 14.2. The molecule has 26 heavy (non-hydrogen) atoms. The third-order valence-corrected chi connectivity index (χ3v) is 3.96. The Balaban J connectivity index is 1.58. The SMILES string of the molecule is COc1cccn2cc(CCNC(=O)Cc3ccccc3[N+](=O)[O-])nc12. The number of nitrogens with zero attached hydrogens (tertiary/aromatic N) is 3. The van der Waals surface area contributed by atoms with Gasteiger partial charge in [0.1, 0.15) is 0 Å². The molecule has 1 amide bonds. The van der Waals surface area contributed by atoms with Gasteiger partial charge >= 0.3 is 0 Å². The molecule has 0 aliphatic carbocycles. The summed E-state index contributed by atoms with van der Waals surface area (Å²) in [5.74, 6) is 0.416. The normalized spacial score (nSPS) is 10.7. The van der Waals surface area contributed by atoms with Gasteiger partial charge in [-0.1, -0.05) is 18.2 Å². The van der Waals surface area contributed by atoms with Crippen molar-refractivity contribution in [2.45, 2.75) is 12.8 Å². The number of methoxy groups -OCH3 is 1. The molecule has 0 atom stereocenters. The highest BCUT2D eigenvalue weighted by Crippen LogP contribution is 2.19. The fourth-order valence-electron chi connectivity index (χ4n) is 2.72. The molecule has 0 saturated heterocycles. The van der Waals surface area contributed by atoms with Gasteiger partial charge in [-0.2, -0.15) is 0 Å². The zero-order valence-electron chi connectivity index (χ0n) is 14.2. The molecule has 3 rings (SSSR count). The van der Waals surface area contributed by atoms with Crippen LogP contribution in [0.5, 0.6) is 5.75 Å². The lowest BCUT2D eigenvalue weighted by Gasteiger charge is -2.05. The second kappa shape index (κ2) is 7.64. The summed E-state index contributed by atoms with van der Waals surface area (Å²) in [5.41, 5.74) is 1.89. The van der Waals surface area contributed by atoms with Crippen molar-refractivity contribution in [2.24, 2.45) is 0 Å². The van der Waals surface area contributed by atoms with E-state index in [1.807, 2.05) is 28.9 Å². The first kappa shape index (κ1) is 17.4. The van der Waals surface area contributed by atoms with Crippen LogP contribution in [0.15, 0.2) is 48.8 Å². The van der Waals surface area contributed by atoms with E-state index in [0.717, 1.165) is 11.3 Å². The molecule has 134 valence electrons. The average molecular weight is 354 g/mol. The lowest BCUT2D eigenvalue weighted by molar-refractivity contribution is -0.385. The van der Waals surface area contributed by atoms with E-state index in [9.17, 15) is 14.9 Å². The van der Waals surface area contributed by atoms with E-state index in [1.54, 1.807) is 25.3 Å². The van der Waals surface area contributed by atoms with Crippen LogP contribution < -0.4 is 10.1 Å². The third kappa shape index (κ3) is 3.80. The lowest BCUT2D eigenvalue weighted by Crippen LogP contribution is -2.27. The van der Waals surface area contributed by atoms with E-state index in [2.05, 4.69) is 10.3 Å². The van der Waals surface area contributed by atoms with Gasteiger partial charge in [0, 0.05) is 37.0 Å². The molecule has 3 aromatic rings. The van der Waals surface area contributed by atoms with Crippen LogP contribution in [0.2, 0.25) is 0 Å². The molecule has 0 saturated carbocycles. The van der Waals surface area contributed by atoms with Crippen LogP contribution in [0.3, 0.4) is 0 Å². The van der Waals surface area contributed by atoms with Crippen LogP contribution in [0, 0.1) is 10.1 Å². The Kier molecular flexibility index (Phi) is 5.12. The number of amides is 1. The number of para-hydroxylation sites is 1. The van der Waals surface area contributed by atoms with E-state index in [-0.39, 0.29) is 18.0 Å². The number of carbonyl (C=O) groups is 1. The van der Waals surface area contributed by atoms with Crippen molar-refractivity contribution in [3.8, 4) is 5.75 Å². The minimum atomic E-state index is -0.479. The van der Waals surface area contributed by atoms with E-state index in [4.69, 9.17) is 4.74 Å². The fourth-order valence-corrected chi connectivity index (χ4v) is 2.72. The number of hydrogen-bond donors (Lipinski definition) is 1. The molecule has 2 heterocycles. The number of nitrogens with one attached hydrogen (secondary N) is 1. The number of nitro groups is 1. The van der Waals surface area contributed by atoms with Crippen molar-refractivity contribution in [2.75, 3.05) is 13.7 Å². The van der Waals surface area contributed by atoms with Crippen LogP contribution >= 0.6 is 0 Å². The lowest BCUT2D eigenvalue weighted by atomic mass is 10.1. The number of rotatable bonds is 7. The molecular weight excluding hydrogens is 336 g/mol. The molecule has 1 N–H and O–H groups in total. The van der Waals surface area contributed by atoms with Crippen molar-refractivity contribution < 1.29 is 14.5 Å². The minimum absolute atomic E-state index is 0.0316. The molecule has 1 aromatic carbocycles. The standard InChI is InChI=1S/C18H18N4O4/c1-26-16-7-4-10-21-12-14(20-18(16)21)8-9-19-17(23)11-13-5-2-3-6-15(13)22(24)25/h2-7,10,12H,8-9,11H2,1H3,(H,19,23). The van der Waals surface area contributed by atoms with Crippen molar-refractivity contribution in [3.63, 3.8) is 0 Å². The Morgan fingerprint density at radius 1 is 1.31 bits per heavy atom. The summed E-state index contributed by atoms with van der Waals surface area (Å²) in [6, 6.07) is 9.95. The molecule has 0 aliphatic rings. The van der Waals surface area contributed by atoms with Crippen molar-refractivity contribution in [1.82, 2.24) is 14.7 Å². The highest BCUT2D eigenvalue weighted by molar-refractivity contribution is 5.79. The number of pyridine rings is 1. The second-order valence-electron chi connectivity index (χ2n) is 5.70. The second-order valence-corrected chi connectivity index (χ2v) is 5.70. The number of hydrogen-bond acceptors (Lipinski definition) is 5. The zero-order chi connectivity index (χ0) is 18.5. The maximum absolute atomic E-state index is 12.1. The fraction of sp³-hybridized carbons (Fsp3) is 0.222. The Morgan fingerprint density at radius 2 is 2.12 bits per heavy atom. The number of aromatic nitrogens is 2. The van der Waals surface area contributed by atoms with E-state index >= 15 is 0 Å². The number of ether oxygens (including phenoxy) is 1. The van der Waals surface area contributed by atoms with Crippen LogP contribution in [-0.4, -0.2) is 33.9 Å². The Bertz CT molecular complexity index is 951. The predicted molar refractivity (Wildman–Crippen MR) is 95.3 cm³/mol. The van der Waals surface area contributed by atoms with Gasteiger partial charge in [0.25, 0.3) is 5.69 Å². The summed E-state index contributed by atoms with van der Waals surface area (Å²) < 4.78 is 7.14. The first-order chi connectivity index (χ1) is 12.6. The maximum Gasteiger partial charge on any atom is 0.273 e. The third-order valence-electron chi connectivity index (χ3n) is 3.96. The van der Waals surface area contributed by atoms with Gasteiger partial charge < -0.3 is 14.5 Å². The number of nitro benzene ring substituents is 1. The maximum atomic E-state index is 12.1. The molecule has 0 aliphatic heterocycles. The van der Waals surface area contributed by atoms with Crippen LogP contribution in [0.1, 0.15) is 11.3 Å². The molecule has 0 bridgehead atoms. The van der Waals surface area contributed by atoms with Gasteiger partial charge in [0.05, 0.1) is 24.1 Å². The summed E-state index contributed by atoms with van der Waals surface area (Å²) in [6.07, 6.45) is 4.27. The van der Waals surface area contributed by atoms with Crippen LogP contribution in [-0.2, 0) is 17.6 Å². The Hall–Kier alpha value is -3.42. The highest BCUT2D eigenvalue weighted by atomic mass is 16.6. The quantitative estimate of drug-likeness (QED) is 0.518. The number of imidazole rings is 1. The molecule has 0 spiro atoms. The summed E-state index contributed by atoms with van der Waals surface area (Å²) >= 11 is 0. The van der Waals surface area contributed by atoms with E-state index in [1.165, 1.54) is 6.07 Å². The van der Waals surface area contributed by atoms with Crippen LogP contribution in [0.25, 0.3) is 5.65 Å².